The van der Waals surface area contributed by atoms with Crippen molar-refractivity contribution < 1.29 is 17.2 Å². The predicted octanol–water partition coefficient (Wildman–Crippen LogP) is 5.77. The van der Waals surface area contributed by atoms with Crippen LogP contribution in [0.5, 0.6) is 0 Å². The maximum Gasteiger partial charge on any atom is 0.274 e. The van der Waals surface area contributed by atoms with Crippen LogP contribution in [0.2, 0.25) is 5.02 Å². The highest BCUT2D eigenvalue weighted by molar-refractivity contribution is 7.90. The highest BCUT2D eigenvalue weighted by Crippen LogP contribution is 2.56. The molecule has 7 nitrogen and oxygen atoms in total. The van der Waals surface area contributed by atoms with E-state index in [-0.39, 0.29) is 28.1 Å². The van der Waals surface area contributed by atoms with Gasteiger partial charge >= 0.3 is 0 Å². The Morgan fingerprint density at radius 1 is 1.05 bits per heavy atom. The molecule has 5 aromatic rings. The first-order valence-electron chi connectivity index (χ1n) is 12.5. The second-order valence-electron chi connectivity index (χ2n) is 10.2. The molecule has 0 bridgehead atoms. The number of rotatable bonds is 5. The van der Waals surface area contributed by atoms with E-state index in [1.165, 1.54) is 18.3 Å². The minimum Gasteiger partial charge on any atom is -0.306 e. The van der Waals surface area contributed by atoms with E-state index < -0.39 is 37.6 Å². The number of hydrogen-bond donors (Lipinski definition) is 0. The molecule has 0 saturated heterocycles. The number of aryl methyl sites for hydroxylation is 2. The summed E-state index contributed by atoms with van der Waals surface area (Å²) in [6, 6.07) is 9.48. The lowest BCUT2D eigenvalue weighted by Crippen LogP contribution is -2.24. The molecule has 1 aliphatic rings. The molecule has 0 N–H and O–H groups in total. The largest absolute Gasteiger partial charge is 0.306 e. The molecule has 2 atom stereocenters. The zero-order chi connectivity index (χ0) is 28.5. The monoisotopic (exact) mass is 580 g/mol. The van der Waals surface area contributed by atoms with Gasteiger partial charge in [-0.3, -0.25) is 14.3 Å². The molecule has 4 aromatic heterocycles. The van der Waals surface area contributed by atoms with E-state index in [0.29, 0.717) is 16.8 Å². The van der Waals surface area contributed by atoms with Crippen molar-refractivity contribution in [1.82, 2.24) is 18.9 Å². The number of imidazole rings is 1. The van der Waals surface area contributed by atoms with Crippen molar-refractivity contribution in [3.63, 3.8) is 0 Å². The molecule has 6 rings (SSSR count). The van der Waals surface area contributed by atoms with Gasteiger partial charge in [-0.2, -0.15) is 0 Å². The van der Waals surface area contributed by atoms with Gasteiger partial charge in [0.2, 0.25) is 0 Å². The van der Waals surface area contributed by atoms with Gasteiger partial charge in [-0.15, -0.1) is 0 Å². The highest BCUT2D eigenvalue weighted by Gasteiger charge is 2.42. The van der Waals surface area contributed by atoms with Crippen LogP contribution in [-0.4, -0.2) is 33.6 Å². The summed E-state index contributed by atoms with van der Waals surface area (Å²) in [4.78, 5) is 21.2. The van der Waals surface area contributed by atoms with Gasteiger partial charge in [0.25, 0.3) is 5.56 Å². The number of benzene rings is 1. The summed E-state index contributed by atoms with van der Waals surface area (Å²) in [6.45, 7) is 3.26. The smallest absolute Gasteiger partial charge is 0.274 e. The Balaban J connectivity index is 1.43. The molecule has 1 aromatic carbocycles. The average Bonchev–Trinajstić information content (AvgIpc) is 3.55. The molecule has 1 aliphatic carbocycles. The third kappa shape index (κ3) is 4.22. The quantitative estimate of drug-likeness (QED) is 0.263. The van der Waals surface area contributed by atoms with Crippen molar-refractivity contribution in [2.75, 3.05) is 6.26 Å². The Labute approximate surface area is 233 Å². The molecule has 1 fully saturated rings. The predicted molar refractivity (Wildman–Crippen MR) is 148 cm³/mol. The molecule has 11 heteroatoms. The summed E-state index contributed by atoms with van der Waals surface area (Å²) < 4.78 is 58.4. The maximum absolute atomic E-state index is 16.1. The Kier molecular flexibility index (Phi) is 6.15. The topological polar surface area (TPSA) is 86.3 Å². The summed E-state index contributed by atoms with van der Waals surface area (Å²) in [5, 5.41) is -0.00998. The van der Waals surface area contributed by atoms with E-state index in [2.05, 4.69) is 9.97 Å². The van der Waals surface area contributed by atoms with E-state index in [4.69, 9.17) is 11.6 Å². The van der Waals surface area contributed by atoms with Crippen LogP contribution in [0.1, 0.15) is 40.6 Å². The fourth-order valence-electron chi connectivity index (χ4n) is 5.35. The second-order valence-corrected chi connectivity index (χ2v) is 12.5. The minimum absolute atomic E-state index is 0.00998. The van der Waals surface area contributed by atoms with Crippen molar-refractivity contribution in [2.24, 2.45) is 0 Å². The van der Waals surface area contributed by atoms with Crippen LogP contribution in [0.3, 0.4) is 0 Å². The third-order valence-electron chi connectivity index (χ3n) is 7.43. The van der Waals surface area contributed by atoms with E-state index in [1.54, 1.807) is 32.4 Å². The fourth-order valence-corrected chi connectivity index (χ4v) is 6.39. The molecule has 4 heterocycles. The van der Waals surface area contributed by atoms with Crippen LogP contribution < -0.4 is 5.56 Å². The molecular formula is C29H23ClF2N4O3S. The van der Waals surface area contributed by atoms with Crippen LogP contribution in [0.15, 0.2) is 71.0 Å². The van der Waals surface area contributed by atoms with Crippen LogP contribution in [-0.2, 0) is 9.84 Å². The molecule has 204 valence electrons. The van der Waals surface area contributed by atoms with Gasteiger partial charge in [-0.05, 0) is 73.1 Å². The number of hydrogen-bond acceptors (Lipinski definition) is 5. The van der Waals surface area contributed by atoms with Gasteiger partial charge in [0, 0.05) is 29.9 Å². The second kappa shape index (κ2) is 9.35. The normalized spacial score (nSPS) is 16.9. The van der Waals surface area contributed by atoms with Crippen molar-refractivity contribution in [3.05, 3.63) is 111 Å². The first-order valence-corrected chi connectivity index (χ1v) is 14.7. The Bertz CT molecular complexity index is 2020. The van der Waals surface area contributed by atoms with Gasteiger partial charge in [0.05, 0.1) is 23.7 Å². The highest BCUT2D eigenvalue weighted by atomic mass is 35.5. The molecule has 0 aliphatic heterocycles. The van der Waals surface area contributed by atoms with E-state index >= 15 is 8.78 Å². The minimum atomic E-state index is -3.91. The molecule has 0 amide bonds. The number of nitrogens with zero attached hydrogens (tertiary/aromatic N) is 4. The number of fused-ring (bicyclic) bond motifs is 1. The fraction of sp³-hybridized carbons (Fsp3) is 0.207. The molecular weight excluding hydrogens is 558 g/mol. The van der Waals surface area contributed by atoms with Gasteiger partial charge in [-0.25, -0.2) is 22.2 Å². The molecule has 0 radical (unpaired) electrons. The number of sulfone groups is 1. The number of halogens is 3. The summed E-state index contributed by atoms with van der Waals surface area (Å²) in [5.74, 6) is -1.87. The van der Waals surface area contributed by atoms with Gasteiger partial charge in [0.15, 0.2) is 21.5 Å². The lowest BCUT2D eigenvalue weighted by Gasteiger charge is -2.18. The molecule has 1 saturated carbocycles. The van der Waals surface area contributed by atoms with Gasteiger partial charge in [0.1, 0.15) is 15.6 Å². The van der Waals surface area contributed by atoms with Crippen LogP contribution in [0.4, 0.5) is 8.78 Å². The zero-order valence-electron chi connectivity index (χ0n) is 21.7. The van der Waals surface area contributed by atoms with Crippen molar-refractivity contribution >= 4 is 27.0 Å². The van der Waals surface area contributed by atoms with Crippen molar-refractivity contribution in [1.29, 1.82) is 0 Å². The lowest BCUT2D eigenvalue weighted by atomic mass is 10.0. The summed E-state index contributed by atoms with van der Waals surface area (Å²) in [6.07, 6.45) is 8.52. The first kappa shape index (κ1) is 26.3. The Hall–Kier alpha value is -3.89. The lowest BCUT2D eigenvalue weighted by molar-refractivity contribution is 0.569. The SMILES string of the molecule is Cc1cnc(-c2cccc(S(C)(=O)=O)c2F)c(F)c1-n1c(C)cc([C@@H]2CC2c2ccc3cncn3c2)c(Cl)c1=O. The maximum atomic E-state index is 16.1. The Morgan fingerprint density at radius 2 is 1.82 bits per heavy atom. The van der Waals surface area contributed by atoms with Crippen molar-refractivity contribution in [2.45, 2.75) is 37.0 Å². The van der Waals surface area contributed by atoms with E-state index in [9.17, 15) is 13.2 Å². The first-order chi connectivity index (χ1) is 19.0. The van der Waals surface area contributed by atoms with Crippen LogP contribution in [0.25, 0.3) is 22.5 Å². The summed E-state index contributed by atoms with van der Waals surface area (Å²) >= 11 is 6.63. The molecule has 1 unspecified atom stereocenters. The number of pyridine rings is 3. The van der Waals surface area contributed by atoms with Crippen LogP contribution in [0, 0.1) is 25.5 Å². The van der Waals surface area contributed by atoms with Crippen LogP contribution >= 0.6 is 11.6 Å². The van der Waals surface area contributed by atoms with E-state index in [1.807, 2.05) is 22.7 Å². The van der Waals surface area contributed by atoms with E-state index in [0.717, 1.165) is 34.4 Å². The third-order valence-corrected chi connectivity index (χ3v) is 8.92. The molecule has 40 heavy (non-hydrogen) atoms. The Morgan fingerprint density at radius 3 is 2.58 bits per heavy atom. The average molecular weight is 581 g/mol. The van der Waals surface area contributed by atoms with Crippen molar-refractivity contribution in [3.8, 4) is 16.9 Å². The summed E-state index contributed by atoms with van der Waals surface area (Å²) in [7, 11) is -3.91. The zero-order valence-corrected chi connectivity index (χ0v) is 23.3. The van der Waals surface area contributed by atoms with Gasteiger partial charge < -0.3 is 4.40 Å². The van der Waals surface area contributed by atoms with Gasteiger partial charge in [-0.1, -0.05) is 23.7 Å². The standard InChI is InChI=1S/C29H23ClF2N4O3S/c1-15-11-34-27(19-5-4-6-23(25(19)31)40(3,38)39)26(32)28(15)36-16(2)9-22(24(30)29(36)37)21-10-20(21)17-7-8-18-12-33-14-35(18)13-17/h4-9,11-14,20-21H,10H2,1-3H3/t20?,21-/m1/s1. The summed E-state index contributed by atoms with van der Waals surface area (Å²) in [5.41, 5.74) is 2.09. The number of aromatic nitrogens is 4. The molecule has 0 spiro atoms.